The Balaban J connectivity index is 1.09. The summed E-state index contributed by atoms with van der Waals surface area (Å²) in [5.41, 5.74) is 6.39. The molecule has 3 atom stereocenters. The molecule has 1 aliphatic carbocycles. The largest absolute Gasteiger partial charge is 0.484 e. The summed E-state index contributed by atoms with van der Waals surface area (Å²) in [5, 5.41) is 2.26. The van der Waals surface area contributed by atoms with E-state index in [0.717, 1.165) is 18.1 Å². The van der Waals surface area contributed by atoms with Gasteiger partial charge in [0.25, 0.3) is 5.91 Å². The van der Waals surface area contributed by atoms with Crippen molar-refractivity contribution in [3.63, 3.8) is 0 Å². The van der Waals surface area contributed by atoms with E-state index >= 15 is 0 Å². The quantitative estimate of drug-likeness (QED) is 0.471. The summed E-state index contributed by atoms with van der Waals surface area (Å²) in [5.74, 6) is 2.45. The zero-order valence-electron chi connectivity index (χ0n) is 18.3. The molecule has 0 aromatic carbocycles. The predicted octanol–water partition coefficient (Wildman–Crippen LogP) is 2.44. The Kier molecular flexibility index (Phi) is 5.65. The van der Waals surface area contributed by atoms with Crippen molar-refractivity contribution < 1.29 is 14.3 Å². The van der Waals surface area contributed by atoms with Crippen molar-refractivity contribution in [3.05, 3.63) is 35.1 Å². The van der Waals surface area contributed by atoms with Gasteiger partial charge < -0.3 is 4.74 Å². The molecular weight excluding hydrogens is 458 g/mol. The third-order valence-corrected chi connectivity index (χ3v) is 10.2. The highest BCUT2D eigenvalue weighted by atomic mass is 32.2. The average Bonchev–Trinajstić information content (AvgIpc) is 3.50. The van der Waals surface area contributed by atoms with Gasteiger partial charge >= 0.3 is 0 Å². The molecule has 0 radical (unpaired) electrons. The van der Waals surface area contributed by atoms with Gasteiger partial charge in [0.1, 0.15) is 5.84 Å². The van der Waals surface area contributed by atoms with Crippen LogP contribution in [0.25, 0.3) is 0 Å². The van der Waals surface area contributed by atoms with Crippen LogP contribution in [0.5, 0.6) is 0 Å². The number of amidine groups is 2. The van der Waals surface area contributed by atoms with Crippen molar-refractivity contribution >= 4 is 49.9 Å². The Labute approximate surface area is 199 Å². The van der Waals surface area contributed by atoms with Crippen LogP contribution in [0.1, 0.15) is 38.5 Å². The number of nitrogens with one attached hydrogen (secondary N) is 2. The van der Waals surface area contributed by atoms with Gasteiger partial charge in [-0.2, -0.15) is 0 Å². The summed E-state index contributed by atoms with van der Waals surface area (Å²) in [7, 11) is 0.248. The molecule has 5 heterocycles. The molecule has 10 heteroatoms. The second-order valence-corrected chi connectivity index (χ2v) is 12.0. The van der Waals surface area contributed by atoms with E-state index in [1.54, 1.807) is 23.1 Å². The molecule has 0 spiro atoms. The summed E-state index contributed by atoms with van der Waals surface area (Å²) < 4.78 is 5.20. The molecule has 1 fully saturated rings. The fourth-order valence-corrected chi connectivity index (χ4v) is 8.42. The number of hydrogen-bond donors (Lipinski definition) is 2. The van der Waals surface area contributed by atoms with Crippen LogP contribution in [0.3, 0.4) is 0 Å². The van der Waals surface area contributed by atoms with Gasteiger partial charge in [0.15, 0.2) is 11.3 Å². The molecular formula is C23H27N5O3S2. The van der Waals surface area contributed by atoms with Crippen molar-refractivity contribution in [2.45, 2.75) is 50.7 Å². The number of aliphatic imine (C=N–C) groups is 2. The van der Waals surface area contributed by atoms with Crippen molar-refractivity contribution in [3.8, 4) is 0 Å². The van der Waals surface area contributed by atoms with Gasteiger partial charge in [-0.1, -0.05) is 17.8 Å². The van der Waals surface area contributed by atoms with Crippen LogP contribution in [0.15, 0.2) is 45.1 Å². The fraction of sp³-hybridized carbons (Fsp3) is 0.522. The summed E-state index contributed by atoms with van der Waals surface area (Å²) in [6.07, 6.45) is 13.1. The lowest BCUT2D eigenvalue weighted by atomic mass is 9.98. The number of thioether (sulfide) groups is 1. The first-order valence-electron chi connectivity index (χ1n) is 11.6. The normalized spacial score (nSPS) is 29.6. The molecule has 33 heavy (non-hydrogen) atoms. The van der Waals surface area contributed by atoms with Gasteiger partial charge in [-0.3, -0.25) is 30.3 Å². The maximum absolute atomic E-state index is 12.4. The van der Waals surface area contributed by atoms with E-state index in [2.05, 4.69) is 15.8 Å². The molecule has 0 aromatic heterocycles. The molecule has 3 unspecified atom stereocenters. The van der Waals surface area contributed by atoms with E-state index in [0.29, 0.717) is 5.92 Å². The van der Waals surface area contributed by atoms with Crippen LogP contribution < -0.4 is 10.9 Å². The number of carbonyl (C=O) groups is 2. The number of hydrogen-bond acceptors (Lipinski definition) is 7. The second-order valence-electron chi connectivity index (χ2n) is 8.95. The van der Waals surface area contributed by atoms with Crippen LogP contribution in [-0.4, -0.2) is 62.8 Å². The van der Waals surface area contributed by atoms with Crippen LogP contribution in [-0.2, 0) is 14.3 Å². The molecule has 0 bridgehead atoms. The standard InChI is InChI=1S/C23H27N5O3S2/c29-19(26-27-21(30)18-6-1-3-9-31-18)13-32-23-24-12-17-16-11-15-5-2-4-10-33(15)22(16)25-20(28(17)23)14-7-8-14/h1,3,6,9,14,17-18H,2,4-5,7-8,10-13H2,(H,26,29)(H,27,30). The topological polar surface area (TPSA) is 95.4 Å². The van der Waals surface area contributed by atoms with Crippen molar-refractivity contribution in [1.29, 1.82) is 0 Å². The molecule has 6 rings (SSSR count). The van der Waals surface area contributed by atoms with Crippen molar-refractivity contribution in [2.24, 2.45) is 15.9 Å². The van der Waals surface area contributed by atoms with Crippen LogP contribution in [0.4, 0.5) is 0 Å². The monoisotopic (exact) mass is 485 g/mol. The highest BCUT2D eigenvalue weighted by Gasteiger charge is 2.46. The molecule has 1 saturated carbocycles. The van der Waals surface area contributed by atoms with Gasteiger partial charge in [0, 0.05) is 12.3 Å². The third kappa shape index (κ3) is 4.07. The van der Waals surface area contributed by atoms with E-state index < -0.39 is 12.0 Å². The molecule has 2 amide bonds. The summed E-state index contributed by atoms with van der Waals surface area (Å²) >= 11 is 1.42. The van der Waals surface area contributed by atoms with Crippen LogP contribution >= 0.6 is 22.2 Å². The molecule has 8 nitrogen and oxygen atoms in total. The summed E-state index contributed by atoms with van der Waals surface area (Å²) in [4.78, 5) is 38.6. The maximum atomic E-state index is 12.4. The van der Waals surface area contributed by atoms with Crippen molar-refractivity contribution in [2.75, 3.05) is 18.1 Å². The molecule has 0 aromatic rings. The number of rotatable bonds is 4. The zero-order chi connectivity index (χ0) is 22.4. The Bertz CT molecular complexity index is 1090. The smallest absolute Gasteiger partial charge is 0.283 e. The SMILES string of the molecule is O=C(CSC1=NCC2C3=C(N=C(C4CC4)N12)S1=C(CCCC1)C3)NNC(=O)C1C=CC=CO1. The number of nitrogens with zero attached hydrogens (tertiary/aromatic N) is 3. The van der Waals surface area contributed by atoms with Crippen LogP contribution in [0, 0.1) is 5.92 Å². The van der Waals surface area contributed by atoms with Gasteiger partial charge in [-0.25, -0.2) is 4.99 Å². The first-order valence-corrected chi connectivity index (χ1v) is 14.0. The molecule has 5 aliphatic heterocycles. The van der Waals surface area contributed by atoms with E-state index in [1.807, 2.05) is 0 Å². The lowest BCUT2D eigenvalue weighted by Gasteiger charge is -2.34. The Morgan fingerprint density at radius 2 is 2.15 bits per heavy atom. The Morgan fingerprint density at radius 3 is 2.97 bits per heavy atom. The zero-order valence-corrected chi connectivity index (χ0v) is 19.9. The Morgan fingerprint density at radius 1 is 1.24 bits per heavy atom. The Hall–Kier alpha value is -2.33. The first kappa shape index (κ1) is 21.2. The van der Waals surface area contributed by atoms with Gasteiger partial charge in [-0.05, 0) is 60.4 Å². The molecule has 2 N–H and O–H groups in total. The number of allylic oxidation sites excluding steroid dienone is 2. The minimum absolute atomic E-state index is 0.176. The number of amides is 2. The highest BCUT2D eigenvalue weighted by Crippen LogP contribution is 2.50. The number of fused-ring (bicyclic) bond motifs is 3. The number of hydrazine groups is 1. The third-order valence-electron chi connectivity index (χ3n) is 6.64. The van der Waals surface area contributed by atoms with Gasteiger partial charge in [0.05, 0.1) is 29.6 Å². The number of ether oxygens (including phenoxy) is 1. The summed E-state index contributed by atoms with van der Waals surface area (Å²) in [6, 6.07) is 0.271. The van der Waals surface area contributed by atoms with E-state index in [1.165, 1.54) is 72.3 Å². The van der Waals surface area contributed by atoms with Crippen molar-refractivity contribution in [1.82, 2.24) is 15.8 Å². The summed E-state index contributed by atoms with van der Waals surface area (Å²) in [6.45, 7) is 0.745. The molecule has 0 saturated heterocycles. The lowest BCUT2D eigenvalue weighted by molar-refractivity contribution is -0.132. The van der Waals surface area contributed by atoms with Gasteiger partial charge in [0.2, 0.25) is 5.91 Å². The predicted molar refractivity (Wildman–Crippen MR) is 133 cm³/mol. The highest BCUT2D eigenvalue weighted by molar-refractivity contribution is 8.19. The van der Waals surface area contributed by atoms with Crippen LogP contribution in [0.2, 0.25) is 0 Å². The maximum Gasteiger partial charge on any atom is 0.283 e. The van der Waals surface area contributed by atoms with E-state index in [9.17, 15) is 9.59 Å². The molecule has 174 valence electrons. The lowest BCUT2D eigenvalue weighted by Crippen LogP contribution is -2.48. The second kappa shape index (κ2) is 8.79. The van der Waals surface area contributed by atoms with E-state index in [-0.39, 0.29) is 28.2 Å². The van der Waals surface area contributed by atoms with E-state index in [4.69, 9.17) is 14.7 Å². The van der Waals surface area contributed by atoms with Gasteiger partial charge in [-0.15, -0.1) is 10.5 Å². The fourth-order valence-electron chi connectivity index (χ4n) is 4.86. The number of carbonyl (C=O) groups excluding carboxylic acids is 2. The molecule has 6 aliphatic rings. The minimum Gasteiger partial charge on any atom is -0.484 e. The average molecular weight is 486 g/mol. The first-order chi connectivity index (χ1) is 16.2. The minimum atomic E-state index is -0.732.